The van der Waals surface area contributed by atoms with Crippen molar-refractivity contribution in [1.82, 2.24) is 14.8 Å². The number of nitrogens with zero attached hydrogens (tertiary/aromatic N) is 2. The SMILES string of the molecule is CC1(C)C(Cn2c(SCC(=O)O)n[nH]c2=O)C1(C)C. The standard InChI is InChI=1S/C12H19N3O3S/c1-11(2)7(12(11,3)4)5-15-9(18)13-14-10(15)19-6-8(16)17/h7H,5-6H2,1-4H3,(H,13,18)(H,16,17). The molecular weight excluding hydrogens is 266 g/mol. The predicted molar refractivity (Wildman–Crippen MR) is 72.3 cm³/mol. The van der Waals surface area contributed by atoms with Gasteiger partial charge >= 0.3 is 11.7 Å². The molecule has 1 aromatic heterocycles. The van der Waals surface area contributed by atoms with Gasteiger partial charge in [-0.15, -0.1) is 5.10 Å². The Morgan fingerprint density at radius 3 is 2.47 bits per heavy atom. The van der Waals surface area contributed by atoms with E-state index in [4.69, 9.17) is 5.11 Å². The summed E-state index contributed by atoms with van der Waals surface area (Å²) in [4.78, 5) is 22.3. The Morgan fingerprint density at radius 1 is 1.42 bits per heavy atom. The molecule has 1 saturated carbocycles. The molecule has 1 heterocycles. The Morgan fingerprint density at radius 2 is 2.00 bits per heavy atom. The third-order valence-corrected chi connectivity index (χ3v) is 5.69. The monoisotopic (exact) mass is 285 g/mol. The lowest BCUT2D eigenvalue weighted by atomic mass is 10.0. The number of rotatable bonds is 5. The largest absolute Gasteiger partial charge is 0.481 e. The molecule has 0 atom stereocenters. The van der Waals surface area contributed by atoms with Gasteiger partial charge in [0.25, 0.3) is 0 Å². The fraction of sp³-hybridized carbons (Fsp3) is 0.750. The van der Waals surface area contributed by atoms with Gasteiger partial charge in [-0.25, -0.2) is 9.89 Å². The number of carbonyl (C=O) groups is 1. The third-order valence-electron chi connectivity index (χ3n) is 4.73. The van der Waals surface area contributed by atoms with Crippen LogP contribution in [0.2, 0.25) is 0 Å². The first-order valence-corrected chi connectivity index (χ1v) is 7.16. The summed E-state index contributed by atoms with van der Waals surface area (Å²) < 4.78 is 1.55. The van der Waals surface area contributed by atoms with Gasteiger partial charge in [0, 0.05) is 6.54 Å². The van der Waals surface area contributed by atoms with Gasteiger partial charge in [0.15, 0.2) is 5.16 Å². The Kier molecular flexibility index (Phi) is 3.28. The lowest BCUT2D eigenvalue weighted by molar-refractivity contribution is -0.133. The Hall–Kier alpha value is -1.24. The van der Waals surface area contributed by atoms with Crippen LogP contribution in [-0.2, 0) is 11.3 Å². The summed E-state index contributed by atoms with van der Waals surface area (Å²) in [5, 5.41) is 15.4. The molecule has 7 heteroatoms. The van der Waals surface area contributed by atoms with Crippen molar-refractivity contribution in [3.05, 3.63) is 10.5 Å². The molecule has 19 heavy (non-hydrogen) atoms. The molecule has 106 valence electrons. The van der Waals surface area contributed by atoms with Crippen LogP contribution in [0.4, 0.5) is 0 Å². The van der Waals surface area contributed by atoms with E-state index >= 15 is 0 Å². The molecule has 1 fully saturated rings. The first kappa shape index (κ1) is 14.2. The van der Waals surface area contributed by atoms with Crippen molar-refractivity contribution in [3.63, 3.8) is 0 Å². The van der Waals surface area contributed by atoms with E-state index in [1.807, 2.05) is 0 Å². The second kappa shape index (κ2) is 4.40. The van der Waals surface area contributed by atoms with E-state index in [0.717, 1.165) is 11.8 Å². The van der Waals surface area contributed by atoms with Crippen molar-refractivity contribution in [3.8, 4) is 0 Å². The van der Waals surface area contributed by atoms with Crippen LogP contribution in [0.5, 0.6) is 0 Å². The second-order valence-electron chi connectivity index (χ2n) is 6.10. The topological polar surface area (TPSA) is 88.0 Å². The summed E-state index contributed by atoms with van der Waals surface area (Å²) in [6.07, 6.45) is 0. The van der Waals surface area contributed by atoms with Gasteiger partial charge in [-0.05, 0) is 16.7 Å². The fourth-order valence-electron chi connectivity index (χ4n) is 2.67. The van der Waals surface area contributed by atoms with E-state index in [0.29, 0.717) is 17.6 Å². The smallest absolute Gasteiger partial charge is 0.343 e. The maximum absolute atomic E-state index is 11.8. The highest BCUT2D eigenvalue weighted by Crippen LogP contribution is 2.68. The Balaban J connectivity index is 2.15. The molecule has 0 spiro atoms. The van der Waals surface area contributed by atoms with Crippen LogP contribution < -0.4 is 5.69 Å². The fourth-order valence-corrected chi connectivity index (χ4v) is 3.35. The van der Waals surface area contributed by atoms with Gasteiger partial charge in [-0.2, -0.15) is 0 Å². The molecule has 1 aliphatic rings. The molecule has 6 nitrogen and oxygen atoms in total. The summed E-state index contributed by atoms with van der Waals surface area (Å²) in [5.74, 6) is -0.625. The number of carboxylic acid groups (broad SMARTS) is 1. The quantitative estimate of drug-likeness (QED) is 0.799. The van der Waals surface area contributed by atoms with Gasteiger partial charge in [0.05, 0.1) is 5.75 Å². The van der Waals surface area contributed by atoms with E-state index in [1.165, 1.54) is 0 Å². The third kappa shape index (κ3) is 2.31. The molecule has 2 N–H and O–H groups in total. The second-order valence-corrected chi connectivity index (χ2v) is 7.04. The van der Waals surface area contributed by atoms with Gasteiger partial charge in [0.2, 0.25) is 0 Å². The number of hydrogen-bond acceptors (Lipinski definition) is 4. The lowest BCUT2D eigenvalue weighted by Gasteiger charge is -2.05. The molecule has 2 rings (SSSR count). The molecule has 0 unspecified atom stereocenters. The van der Waals surface area contributed by atoms with Crippen LogP contribution in [0.3, 0.4) is 0 Å². The van der Waals surface area contributed by atoms with Gasteiger partial charge in [-0.3, -0.25) is 9.36 Å². The number of aromatic nitrogens is 3. The van der Waals surface area contributed by atoms with Crippen molar-refractivity contribution < 1.29 is 9.90 Å². The minimum Gasteiger partial charge on any atom is -0.481 e. The molecule has 0 aliphatic heterocycles. The molecular formula is C12H19N3O3S. The average Bonchev–Trinajstić information content (AvgIpc) is 2.59. The highest BCUT2D eigenvalue weighted by molar-refractivity contribution is 7.99. The van der Waals surface area contributed by atoms with E-state index in [2.05, 4.69) is 37.9 Å². The van der Waals surface area contributed by atoms with Crippen LogP contribution >= 0.6 is 11.8 Å². The van der Waals surface area contributed by atoms with Crippen molar-refractivity contribution in [2.75, 3.05) is 5.75 Å². The summed E-state index contributed by atoms with van der Waals surface area (Å²) in [5.41, 5.74) is 0.0862. The number of aliphatic carboxylic acids is 1. The van der Waals surface area contributed by atoms with E-state index < -0.39 is 5.97 Å². The first-order valence-electron chi connectivity index (χ1n) is 6.17. The maximum atomic E-state index is 11.8. The predicted octanol–water partition coefficient (Wildman–Crippen LogP) is 1.43. The number of nitrogens with one attached hydrogen (secondary N) is 1. The molecule has 0 bridgehead atoms. The van der Waals surface area contributed by atoms with Gasteiger partial charge in [-0.1, -0.05) is 39.5 Å². The van der Waals surface area contributed by atoms with E-state index in [-0.39, 0.29) is 22.3 Å². The highest BCUT2D eigenvalue weighted by Gasteiger charge is 2.64. The summed E-state index contributed by atoms with van der Waals surface area (Å²) >= 11 is 1.07. The van der Waals surface area contributed by atoms with Crippen LogP contribution in [0.25, 0.3) is 0 Å². The zero-order valence-corrected chi connectivity index (χ0v) is 12.4. The zero-order chi connectivity index (χ0) is 14.4. The van der Waals surface area contributed by atoms with Crippen LogP contribution in [0.15, 0.2) is 9.95 Å². The number of aromatic amines is 1. The van der Waals surface area contributed by atoms with Crippen LogP contribution in [0, 0.1) is 16.7 Å². The van der Waals surface area contributed by atoms with Gasteiger partial charge in [0.1, 0.15) is 0 Å². The minimum atomic E-state index is -0.918. The zero-order valence-electron chi connectivity index (χ0n) is 11.6. The lowest BCUT2D eigenvalue weighted by Crippen LogP contribution is -2.20. The average molecular weight is 285 g/mol. The normalized spacial score (nSPS) is 20.4. The molecule has 1 aromatic rings. The number of thioether (sulfide) groups is 1. The maximum Gasteiger partial charge on any atom is 0.343 e. The van der Waals surface area contributed by atoms with Crippen LogP contribution in [-0.4, -0.2) is 31.6 Å². The molecule has 0 amide bonds. The minimum absolute atomic E-state index is 0.0955. The van der Waals surface area contributed by atoms with Gasteiger partial charge < -0.3 is 5.11 Å². The molecule has 0 aromatic carbocycles. The van der Waals surface area contributed by atoms with Crippen molar-refractivity contribution in [2.24, 2.45) is 16.7 Å². The highest BCUT2D eigenvalue weighted by atomic mass is 32.2. The first-order chi connectivity index (χ1) is 8.68. The Labute approximate surface area is 115 Å². The summed E-state index contributed by atoms with van der Waals surface area (Å²) in [7, 11) is 0. The number of hydrogen-bond donors (Lipinski definition) is 2. The van der Waals surface area contributed by atoms with E-state index in [1.54, 1.807) is 4.57 Å². The molecule has 1 aliphatic carbocycles. The molecule has 0 saturated heterocycles. The summed E-state index contributed by atoms with van der Waals surface area (Å²) in [6, 6.07) is 0. The summed E-state index contributed by atoms with van der Waals surface area (Å²) in [6.45, 7) is 9.33. The van der Waals surface area contributed by atoms with Crippen molar-refractivity contribution in [1.29, 1.82) is 0 Å². The van der Waals surface area contributed by atoms with Crippen molar-refractivity contribution in [2.45, 2.75) is 39.4 Å². The van der Waals surface area contributed by atoms with Crippen LogP contribution in [0.1, 0.15) is 27.7 Å². The molecule has 0 radical (unpaired) electrons. The van der Waals surface area contributed by atoms with E-state index in [9.17, 15) is 9.59 Å². The number of carboxylic acids is 1. The van der Waals surface area contributed by atoms with Crippen molar-refractivity contribution >= 4 is 17.7 Å². The number of H-pyrrole nitrogens is 1. The Bertz CT molecular complexity index is 545.